The van der Waals surface area contributed by atoms with Gasteiger partial charge >= 0.3 is 16.2 Å². The third kappa shape index (κ3) is 5.40. The third-order valence-electron chi connectivity index (χ3n) is 5.70. The summed E-state index contributed by atoms with van der Waals surface area (Å²) in [5.74, 6) is -1.50. The van der Waals surface area contributed by atoms with Gasteiger partial charge in [0.2, 0.25) is 5.89 Å². The number of aliphatic hydroxyl groups is 1. The Morgan fingerprint density at radius 2 is 1.89 bits per heavy atom. The molecule has 1 aliphatic heterocycles. The van der Waals surface area contributed by atoms with Gasteiger partial charge in [-0.1, -0.05) is 18.2 Å². The van der Waals surface area contributed by atoms with Crippen molar-refractivity contribution in [3.63, 3.8) is 0 Å². The number of amides is 1. The molecule has 11 nitrogen and oxygen atoms in total. The van der Waals surface area contributed by atoms with Crippen molar-refractivity contribution in [2.75, 3.05) is 18.0 Å². The maximum absolute atomic E-state index is 13.7. The number of hydrogen-bond acceptors (Lipinski definition) is 9. The number of methoxy groups -OCH3 is 1. The number of fused-ring (bicyclic) bond motifs is 1. The molecule has 0 saturated carbocycles. The monoisotopic (exact) mass is 565 g/mol. The second-order valence-electron chi connectivity index (χ2n) is 9.24. The molecule has 0 radical (unpaired) electrons. The molecule has 1 aliphatic rings. The van der Waals surface area contributed by atoms with Crippen LogP contribution in [0.2, 0.25) is 0 Å². The second-order valence-corrected chi connectivity index (χ2v) is 11.9. The van der Waals surface area contributed by atoms with Crippen molar-refractivity contribution in [3.05, 3.63) is 53.4 Å². The number of rotatable bonds is 7. The number of anilines is 1. The maximum atomic E-state index is 13.7. The number of para-hydroxylation sites is 1. The predicted molar refractivity (Wildman–Crippen MR) is 143 cm³/mol. The van der Waals surface area contributed by atoms with Gasteiger partial charge in [-0.3, -0.25) is 4.79 Å². The summed E-state index contributed by atoms with van der Waals surface area (Å²) in [6.45, 7) is 7.44. The van der Waals surface area contributed by atoms with Crippen LogP contribution in [-0.4, -0.2) is 65.1 Å². The van der Waals surface area contributed by atoms with Crippen molar-refractivity contribution < 1.29 is 37.4 Å². The molecular formula is C25H31N3O8S2. The first-order valence-corrected chi connectivity index (χ1v) is 13.9. The highest BCUT2D eigenvalue weighted by atomic mass is 32.2. The fourth-order valence-corrected chi connectivity index (χ4v) is 7.19. The Hall–Kier alpha value is -3.42. The van der Waals surface area contributed by atoms with E-state index in [4.69, 9.17) is 14.3 Å². The average molecular weight is 566 g/mol. The van der Waals surface area contributed by atoms with Gasteiger partial charge < -0.3 is 19.4 Å². The van der Waals surface area contributed by atoms with Gasteiger partial charge in [0.25, 0.3) is 5.91 Å². The molecule has 0 spiro atoms. The highest BCUT2D eigenvalue weighted by Crippen LogP contribution is 2.47. The number of aliphatic carboxylic acids is 1. The first-order valence-electron chi connectivity index (χ1n) is 11.7. The third-order valence-corrected chi connectivity index (χ3v) is 9.12. The van der Waals surface area contributed by atoms with Crippen molar-refractivity contribution in [2.24, 2.45) is 0 Å². The summed E-state index contributed by atoms with van der Waals surface area (Å²) in [4.78, 5) is 30.1. The minimum absolute atomic E-state index is 0.0415. The van der Waals surface area contributed by atoms with Crippen molar-refractivity contribution in [1.29, 1.82) is 0 Å². The molecule has 0 aliphatic carbocycles. The molecule has 0 atom stereocenters. The lowest BCUT2D eigenvalue weighted by atomic mass is 10.0. The summed E-state index contributed by atoms with van der Waals surface area (Å²) in [6.07, 6.45) is 2.93. The highest BCUT2D eigenvalue weighted by molar-refractivity contribution is 7.91. The van der Waals surface area contributed by atoms with E-state index in [1.54, 1.807) is 32.9 Å². The number of ether oxygens (including phenoxy) is 1. The van der Waals surface area contributed by atoms with Gasteiger partial charge in [0.1, 0.15) is 17.0 Å². The molecule has 0 fully saturated rings. The van der Waals surface area contributed by atoms with E-state index < -0.39 is 27.6 Å². The summed E-state index contributed by atoms with van der Waals surface area (Å²) in [5.41, 5.74) is -0.671. The standard InChI is InChI=1S/C22H23N3O7S2.C3H8O/c1-13-16-19(26)25(22(2,3)21(27)28)34(29,30)24(11-9-14-7-5-6-8-15(14)31-4)20(16)33-17(13)18-23-10-12-32-18;1-3(2)4/h5-8,10,12H,9,11H2,1-4H3,(H,27,28);3-4H,1-2H3. The summed E-state index contributed by atoms with van der Waals surface area (Å²) in [7, 11) is -3.01. The van der Waals surface area contributed by atoms with Crippen LogP contribution in [0.3, 0.4) is 0 Å². The van der Waals surface area contributed by atoms with Crippen molar-refractivity contribution in [3.8, 4) is 16.5 Å². The van der Waals surface area contributed by atoms with Crippen LogP contribution in [0.15, 0.2) is 41.1 Å². The fraction of sp³-hybridized carbons (Fsp3) is 0.400. The average Bonchev–Trinajstić information content (AvgIpc) is 3.46. The van der Waals surface area contributed by atoms with Crippen LogP contribution in [0.1, 0.15) is 49.2 Å². The second kappa shape index (κ2) is 11.1. The van der Waals surface area contributed by atoms with Crippen LogP contribution in [0.25, 0.3) is 10.8 Å². The number of benzene rings is 1. The molecule has 0 unspecified atom stereocenters. The van der Waals surface area contributed by atoms with E-state index in [0.717, 1.165) is 21.2 Å². The first-order chi connectivity index (χ1) is 17.7. The Morgan fingerprint density at radius 3 is 2.45 bits per heavy atom. The molecule has 1 aromatic carbocycles. The topological polar surface area (TPSA) is 150 Å². The van der Waals surface area contributed by atoms with Gasteiger partial charge in [-0.15, -0.1) is 11.3 Å². The Labute approximate surface area is 225 Å². The largest absolute Gasteiger partial charge is 0.496 e. The molecule has 206 valence electrons. The number of thiophene rings is 1. The Bertz CT molecular complexity index is 1410. The SMILES string of the molecule is CC(C)O.COc1ccccc1CCN1c2sc(-c3ncco3)c(C)c2C(=O)N(C(C)(C)C(=O)O)S1(=O)=O. The Balaban J connectivity index is 0.000000934. The van der Waals surface area contributed by atoms with Crippen molar-refractivity contribution >= 4 is 38.4 Å². The van der Waals surface area contributed by atoms with E-state index in [2.05, 4.69) is 4.98 Å². The molecule has 38 heavy (non-hydrogen) atoms. The van der Waals surface area contributed by atoms with Crippen LogP contribution in [0, 0.1) is 6.92 Å². The molecule has 0 bridgehead atoms. The Kier molecular flexibility index (Phi) is 8.54. The zero-order valence-corrected chi connectivity index (χ0v) is 23.6. The molecule has 1 amide bonds. The normalized spacial score (nSPS) is 14.7. The Morgan fingerprint density at radius 1 is 1.26 bits per heavy atom. The molecule has 2 N–H and O–H groups in total. The lowest BCUT2D eigenvalue weighted by Gasteiger charge is -2.41. The van der Waals surface area contributed by atoms with E-state index in [-0.39, 0.29) is 35.5 Å². The van der Waals surface area contributed by atoms with E-state index in [9.17, 15) is 23.1 Å². The van der Waals surface area contributed by atoms with Crippen LogP contribution < -0.4 is 9.04 Å². The lowest BCUT2D eigenvalue weighted by Crippen LogP contribution is -2.62. The number of aliphatic hydroxyl groups excluding tert-OH is 1. The molecular weight excluding hydrogens is 534 g/mol. The smallest absolute Gasteiger partial charge is 0.330 e. The summed E-state index contributed by atoms with van der Waals surface area (Å²) in [5, 5.41) is 18.0. The maximum Gasteiger partial charge on any atom is 0.330 e. The number of carboxylic acid groups (broad SMARTS) is 1. The van der Waals surface area contributed by atoms with Crippen LogP contribution in [0.5, 0.6) is 5.75 Å². The van der Waals surface area contributed by atoms with Gasteiger partial charge in [0.15, 0.2) is 5.54 Å². The molecule has 4 rings (SSSR count). The predicted octanol–water partition coefficient (Wildman–Crippen LogP) is 3.72. The summed E-state index contributed by atoms with van der Waals surface area (Å²) in [6, 6.07) is 7.20. The van der Waals surface area contributed by atoms with Crippen molar-refractivity contribution in [2.45, 2.75) is 52.7 Å². The van der Waals surface area contributed by atoms with E-state index in [1.807, 2.05) is 12.1 Å². The number of aromatic nitrogens is 1. The van der Waals surface area contributed by atoms with Gasteiger partial charge in [-0.2, -0.15) is 8.42 Å². The lowest BCUT2D eigenvalue weighted by molar-refractivity contribution is -0.145. The number of nitrogens with zero attached hydrogens (tertiary/aromatic N) is 3. The minimum Gasteiger partial charge on any atom is -0.496 e. The molecule has 3 heterocycles. The highest BCUT2D eigenvalue weighted by Gasteiger charge is 2.53. The van der Waals surface area contributed by atoms with Gasteiger partial charge in [0.05, 0.1) is 23.7 Å². The van der Waals surface area contributed by atoms with E-state index >= 15 is 0 Å². The number of carbonyl (C=O) groups is 2. The van der Waals surface area contributed by atoms with Gasteiger partial charge in [0, 0.05) is 12.6 Å². The van der Waals surface area contributed by atoms with E-state index in [0.29, 0.717) is 20.5 Å². The zero-order chi connectivity index (χ0) is 28.4. The number of oxazole rings is 1. The van der Waals surface area contributed by atoms with Crippen LogP contribution in [-0.2, 0) is 21.4 Å². The quantitative estimate of drug-likeness (QED) is 0.437. The minimum atomic E-state index is -4.54. The molecule has 13 heteroatoms. The summed E-state index contributed by atoms with van der Waals surface area (Å²) < 4.78 is 39.7. The van der Waals surface area contributed by atoms with Gasteiger partial charge in [-0.05, 0) is 58.2 Å². The summed E-state index contributed by atoms with van der Waals surface area (Å²) >= 11 is 1.06. The number of carbonyl (C=O) groups excluding carboxylic acids is 1. The van der Waals surface area contributed by atoms with Crippen molar-refractivity contribution in [1.82, 2.24) is 9.29 Å². The molecule has 0 saturated heterocycles. The number of carboxylic acids is 1. The molecule has 3 aromatic rings. The zero-order valence-electron chi connectivity index (χ0n) is 22.0. The first kappa shape index (κ1) is 29.1. The fourth-order valence-electron chi connectivity index (χ4n) is 3.85. The molecule has 2 aromatic heterocycles. The van der Waals surface area contributed by atoms with E-state index in [1.165, 1.54) is 33.4 Å². The van der Waals surface area contributed by atoms with Crippen LogP contribution >= 0.6 is 11.3 Å². The van der Waals surface area contributed by atoms with Gasteiger partial charge in [-0.25, -0.2) is 18.4 Å². The number of hydrogen-bond donors (Lipinski definition) is 2. The van der Waals surface area contributed by atoms with Crippen LogP contribution in [0.4, 0.5) is 5.00 Å².